The molecule has 0 aliphatic heterocycles. The third kappa shape index (κ3) is 5.19. The molecule has 0 amide bonds. The quantitative estimate of drug-likeness (QED) is 0.253. The minimum Gasteiger partial charge on any atom is -0.465 e. The van der Waals surface area contributed by atoms with E-state index in [9.17, 15) is 14.4 Å². The number of rotatable bonds is 11. The first-order valence-corrected chi connectivity index (χ1v) is 8.58. The summed E-state index contributed by atoms with van der Waals surface area (Å²) in [7, 11) is 0. The van der Waals surface area contributed by atoms with Crippen molar-refractivity contribution in [2.24, 2.45) is 11.3 Å². The van der Waals surface area contributed by atoms with Crippen molar-refractivity contribution in [3.05, 3.63) is 12.2 Å². The van der Waals surface area contributed by atoms with E-state index in [1.54, 1.807) is 19.9 Å². The molecule has 0 aromatic rings. The Hall–Kier alpha value is -1.65. The molecular formula is C18H28O5. The number of ketones is 1. The Morgan fingerprint density at radius 2 is 1.61 bits per heavy atom. The first-order valence-electron chi connectivity index (χ1n) is 8.58. The monoisotopic (exact) mass is 324 g/mol. The van der Waals surface area contributed by atoms with Crippen molar-refractivity contribution in [2.45, 2.75) is 59.3 Å². The number of carbonyl (C=O) groups excluding carboxylic acids is 3. The van der Waals surface area contributed by atoms with Gasteiger partial charge in [-0.1, -0.05) is 32.3 Å². The molecule has 0 bridgehead atoms. The van der Waals surface area contributed by atoms with E-state index in [1.807, 2.05) is 0 Å². The second kappa shape index (κ2) is 9.48. The van der Waals surface area contributed by atoms with E-state index in [1.165, 1.54) is 6.08 Å². The maximum atomic E-state index is 12.1. The second-order valence-electron chi connectivity index (χ2n) is 5.86. The largest absolute Gasteiger partial charge is 0.465 e. The summed E-state index contributed by atoms with van der Waals surface area (Å²) in [5, 5.41) is 0. The van der Waals surface area contributed by atoms with Crippen LogP contribution in [-0.4, -0.2) is 30.9 Å². The zero-order chi connectivity index (χ0) is 17.3. The summed E-state index contributed by atoms with van der Waals surface area (Å²) in [6, 6.07) is 0. The van der Waals surface area contributed by atoms with Crippen molar-refractivity contribution in [1.29, 1.82) is 0 Å². The van der Waals surface area contributed by atoms with Crippen LogP contribution in [0, 0.1) is 11.3 Å². The van der Waals surface area contributed by atoms with Crippen molar-refractivity contribution in [3.8, 4) is 0 Å². The van der Waals surface area contributed by atoms with Gasteiger partial charge in [-0.25, -0.2) is 0 Å². The predicted molar refractivity (Wildman–Crippen MR) is 86.7 cm³/mol. The van der Waals surface area contributed by atoms with E-state index in [-0.39, 0.29) is 24.9 Å². The van der Waals surface area contributed by atoms with E-state index in [0.717, 1.165) is 25.7 Å². The molecule has 0 heterocycles. The lowest BCUT2D eigenvalue weighted by molar-refractivity contribution is -0.164. The van der Waals surface area contributed by atoms with Crippen LogP contribution >= 0.6 is 0 Å². The summed E-state index contributed by atoms with van der Waals surface area (Å²) >= 11 is 0. The maximum absolute atomic E-state index is 12.1. The topological polar surface area (TPSA) is 69.7 Å². The fraction of sp³-hybridized carbons (Fsp3) is 0.722. The Bertz CT molecular complexity index is 434. The highest BCUT2D eigenvalue weighted by Gasteiger charge is 2.67. The van der Waals surface area contributed by atoms with Crippen molar-refractivity contribution >= 4 is 17.7 Å². The summed E-state index contributed by atoms with van der Waals surface area (Å²) in [5.41, 5.74) is -1.25. The van der Waals surface area contributed by atoms with Gasteiger partial charge in [-0.15, -0.1) is 0 Å². The van der Waals surface area contributed by atoms with Crippen molar-refractivity contribution in [1.82, 2.24) is 0 Å². The van der Waals surface area contributed by atoms with Crippen LogP contribution in [0.3, 0.4) is 0 Å². The Balaban J connectivity index is 2.59. The van der Waals surface area contributed by atoms with Crippen LogP contribution in [-0.2, 0) is 23.9 Å². The summed E-state index contributed by atoms with van der Waals surface area (Å²) in [4.78, 5) is 36.0. The van der Waals surface area contributed by atoms with Gasteiger partial charge in [0.15, 0.2) is 11.2 Å². The van der Waals surface area contributed by atoms with Gasteiger partial charge < -0.3 is 9.47 Å². The van der Waals surface area contributed by atoms with E-state index in [4.69, 9.17) is 9.47 Å². The Kier molecular flexibility index (Phi) is 8.00. The lowest BCUT2D eigenvalue weighted by Crippen LogP contribution is -2.31. The van der Waals surface area contributed by atoms with Gasteiger partial charge in [0.25, 0.3) is 0 Å². The molecule has 1 aliphatic carbocycles. The molecule has 5 heteroatoms. The molecule has 1 saturated carbocycles. The minimum absolute atomic E-state index is 0.0367. The second-order valence-corrected chi connectivity index (χ2v) is 5.86. The van der Waals surface area contributed by atoms with Gasteiger partial charge in [0.2, 0.25) is 0 Å². The predicted octanol–water partition coefficient (Wildman–Crippen LogP) is 3.21. The van der Waals surface area contributed by atoms with E-state index in [2.05, 4.69) is 6.92 Å². The average molecular weight is 324 g/mol. The molecule has 1 atom stereocenters. The molecule has 23 heavy (non-hydrogen) atoms. The van der Waals surface area contributed by atoms with Crippen LogP contribution < -0.4 is 0 Å². The summed E-state index contributed by atoms with van der Waals surface area (Å²) in [6.07, 6.45) is 8.21. The molecule has 0 saturated heterocycles. The number of allylic oxidation sites excluding steroid dienone is 2. The zero-order valence-electron chi connectivity index (χ0n) is 14.4. The van der Waals surface area contributed by atoms with Gasteiger partial charge in [0.05, 0.1) is 13.2 Å². The Labute approximate surface area is 138 Å². The molecule has 1 fully saturated rings. The van der Waals surface area contributed by atoms with Crippen molar-refractivity contribution in [3.63, 3.8) is 0 Å². The lowest BCUT2D eigenvalue weighted by Gasteiger charge is -2.13. The molecule has 130 valence electrons. The van der Waals surface area contributed by atoms with Crippen LogP contribution in [0.5, 0.6) is 0 Å². The van der Waals surface area contributed by atoms with Gasteiger partial charge in [-0.3, -0.25) is 14.4 Å². The minimum atomic E-state index is -1.25. The highest BCUT2D eigenvalue weighted by Crippen LogP contribution is 2.55. The molecule has 0 aromatic carbocycles. The van der Waals surface area contributed by atoms with Gasteiger partial charge >= 0.3 is 11.9 Å². The Morgan fingerprint density at radius 3 is 2.13 bits per heavy atom. The third-order valence-corrected chi connectivity index (χ3v) is 4.09. The SMILES string of the molecule is CCCCCCC(=O)/C=C/C1CC1(C(=O)OCC)C(=O)OCC. The van der Waals surface area contributed by atoms with Crippen molar-refractivity contribution < 1.29 is 23.9 Å². The summed E-state index contributed by atoms with van der Waals surface area (Å²) in [5.74, 6) is -1.37. The molecule has 0 radical (unpaired) electrons. The number of unbranched alkanes of at least 4 members (excludes halogenated alkanes) is 3. The standard InChI is InChI=1S/C18H28O5/c1-4-7-8-9-10-15(19)12-11-14-13-18(14,16(20)22-5-2)17(21)23-6-3/h11-12,14H,4-10,13H2,1-3H3/b12-11+. The highest BCUT2D eigenvalue weighted by molar-refractivity contribution is 6.04. The number of carbonyl (C=O) groups is 3. The van der Waals surface area contributed by atoms with Gasteiger partial charge in [0, 0.05) is 12.3 Å². The first kappa shape index (κ1) is 19.4. The summed E-state index contributed by atoms with van der Waals surface area (Å²) in [6.45, 7) is 5.95. The number of hydrogen-bond donors (Lipinski definition) is 0. The molecule has 1 rings (SSSR count). The molecular weight excluding hydrogens is 296 g/mol. The number of ether oxygens (including phenoxy) is 2. The van der Waals surface area contributed by atoms with Crippen LogP contribution in [0.4, 0.5) is 0 Å². The maximum Gasteiger partial charge on any atom is 0.324 e. The molecule has 1 aliphatic rings. The van der Waals surface area contributed by atoms with Gasteiger partial charge in [-0.2, -0.15) is 0 Å². The lowest BCUT2D eigenvalue weighted by atomic mass is 10.0. The van der Waals surface area contributed by atoms with Crippen LogP contribution in [0.1, 0.15) is 59.3 Å². The van der Waals surface area contributed by atoms with E-state index in [0.29, 0.717) is 12.8 Å². The van der Waals surface area contributed by atoms with E-state index < -0.39 is 17.4 Å². The van der Waals surface area contributed by atoms with Crippen LogP contribution in [0.15, 0.2) is 12.2 Å². The van der Waals surface area contributed by atoms with E-state index >= 15 is 0 Å². The highest BCUT2D eigenvalue weighted by atomic mass is 16.6. The third-order valence-electron chi connectivity index (χ3n) is 4.09. The zero-order valence-corrected chi connectivity index (χ0v) is 14.4. The average Bonchev–Trinajstić information content (AvgIpc) is 3.26. The number of esters is 2. The molecule has 1 unspecified atom stereocenters. The fourth-order valence-corrected chi connectivity index (χ4v) is 2.63. The molecule has 0 N–H and O–H groups in total. The molecule has 0 aromatic heterocycles. The molecule has 0 spiro atoms. The van der Waals surface area contributed by atoms with Gasteiger partial charge in [-0.05, 0) is 32.8 Å². The normalized spacial score (nSPS) is 18.7. The Morgan fingerprint density at radius 1 is 1.00 bits per heavy atom. The van der Waals surface area contributed by atoms with Crippen LogP contribution in [0.2, 0.25) is 0 Å². The van der Waals surface area contributed by atoms with Crippen LogP contribution in [0.25, 0.3) is 0 Å². The first-order chi connectivity index (χ1) is 11.0. The van der Waals surface area contributed by atoms with Crippen molar-refractivity contribution in [2.75, 3.05) is 13.2 Å². The number of hydrogen-bond acceptors (Lipinski definition) is 5. The molecule has 5 nitrogen and oxygen atoms in total. The fourth-order valence-electron chi connectivity index (χ4n) is 2.63. The smallest absolute Gasteiger partial charge is 0.324 e. The van der Waals surface area contributed by atoms with Gasteiger partial charge in [0.1, 0.15) is 0 Å². The summed E-state index contributed by atoms with van der Waals surface area (Å²) < 4.78 is 10.0.